The molecule has 0 bridgehead atoms. The van der Waals surface area contributed by atoms with E-state index in [2.05, 4.69) is 0 Å². The summed E-state index contributed by atoms with van der Waals surface area (Å²) in [6.07, 6.45) is -5.53. The van der Waals surface area contributed by atoms with Gasteiger partial charge in [0.25, 0.3) is 0 Å². The molecule has 2 aromatic carbocycles. The Kier molecular flexibility index (Phi) is 6.37. The molecule has 0 aliphatic carbocycles. The lowest BCUT2D eigenvalue weighted by Gasteiger charge is -2.32. The van der Waals surface area contributed by atoms with Gasteiger partial charge in [-0.25, -0.2) is 4.79 Å². The highest BCUT2D eigenvalue weighted by Crippen LogP contribution is 2.38. The van der Waals surface area contributed by atoms with Crippen molar-refractivity contribution >= 4 is 18.6 Å². The molecule has 1 aliphatic heterocycles. The minimum absolute atomic E-state index is 0.0446. The Bertz CT molecular complexity index is 987. The number of hydrogen-bond donors (Lipinski definition) is 0. The molecule has 3 rings (SSSR count). The van der Waals surface area contributed by atoms with E-state index in [0.29, 0.717) is 5.46 Å². The van der Waals surface area contributed by atoms with Crippen molar-refractivity contribution in [3.05, 3.63) is 59.2 Å². The Hall–Kier alpha value is -2.52. The van der Waals surface area contributed by atoms with Crippen LogP contribution in [0.25, 0.3) is 0 Å². The van der Waals surface area contributed by atoms with E-state index in [9.17, 15) is 18.0 Å². The third kappa shape index (κ3) is 4.64. The van der Waals surface area contributed by atoms with Gasteiger partial charge in [0.2, 0.25) is 0 Å². The summed E-state index contributed by atoms with van der Waals surface area (Å²) in [5.74, 6) is -0.592. The first-order valence-electron chi connectivity index (χ1n) is 10.2. The van der Waals surface area contributed by atoms with E-state index in [-0.39, 0.29) is 16.9 Å². The predicted molar refractivity (Wildman–Crippen MR) is 114 cm³/mol. The van der Waals surface area contributed by atoms with Crippen LogP contribution >= 0.6 is 0 Å². The van der Waals surface area contributed by atoms with E-state index in [0.717, 1.165) is 6.07 Å². The molecule has 1 heterocycles. The molecule has 0 aromatic heterocycles. The standard InChI is InChI=1S/C23H26BF3O5/c1-14(16-9-7-8-10-18(16)23(25,26)27)30-19-13-15(11-12-17(19)20(28)29-6)24-31-21(2,3)22(4,5)32-24/h7-14H,1-6H3/t14-/m0/s1. The van der Waals surface area contributed by atoms with E-state index in [1.54, 1.807) is 12.1 Å². The molecule has 0 spiro atoms. The van der Waals surface area contributed by atoms with Crippen LogP contribution in [0.1, 0.15) is 62.2 Å². The maximum Gasteiger partial charge on any atom is 0.494 e. The Labute approximate surface area is 186 Å². The number of alkyl halides is 3. The van der Waals surface area contributed by atoms with E-state index >= 15 is 0 Å². The zero-order valence-corrected chi connectivity index (χ0v) is 18.9. The number of methoxy groups -OCH3 is 1. The zero-order chi connectivity index (χ0) is 23.9. The van der Waals surface area contributed by atoms with Gasteiger partial charge in [0.15, 0.2) is 0 Å². The number of carbonyl (C=O) groups excluding carboxylic acids is 1. The summed E-state index contributed by atoms with van der Waals surface area (Å²) in [5, 5.41) is 0. The first kappa shape index (κ1) is 24.1. The summed E-state index contributed by atoms with van der Waals surface area (Å²) in [6.45, 7) is 9.12. The molecular formula is C23H26BF3O5. The van der Waals surface area contributed by atoms with Gasteiger partial charge in [-0.15, -0.1) is 0 Å². The van der Waals surface area contributed by atoms with Crippen molar-refractivity contribution in [3.8, 4) is 5.75 Å². The minimum Gasteiger partial charge on any atom is -0.485 e. The maximum absolute atomic E-state index is 13.5. The molecule has 1 aliphatic rings. The molecule has 9 heteroatoms. The van der Waals surface area contributed by atoms with Gasteiger partial charge in [0, 0.05) is 5.56 Å². The Morgan fingerprint density at radius 2 is 1.62 bits per heavy atom. The molecule has 0 amide bonds. The minimum atomic E-state index is -4.54. The fourth-order valence-corrected chi connectivity index (χ4v) is 3.40. The van der Waals surface area contributed by atoms with Crippen LogP contribution < -0.4 is 10.2 Å². The molecule has 0 saturated carbocycles. The van der Waals surface area contributed by atoms with Crippen LogP contribution in [0.2, 0.25) is 0 Å². The SMILES string of the molecule is COC(=O)c1ccc(B2OC(C)(C)C(C)(C)O2)cc1O[C@@H](C)c1ccccc1C(F)(F)F. The normalized spacial score (nSPS) is 18.3. The highest BCUT2D eigenvalue weighted by Gasteiger charge is 2.51. The van der Waals surface area contributed by atoms with Gasteiger partial charge >= 0.3 is 19.3 Å². The van der Waals surface area contributed by atoms with Crippen LogP contribution in [0.5, 0.6) is 5.75 Å². The van der Waals surface area contributed by atoms with Crippen LogP contribution in [0, 0.1) is 0 Å². The number of ether oxygens (including phenoxy) is 2. The van der Waals surface area contributed by atoms with Crippen LogP contribution in [-0.4, -0.2) is 31.4 Å². The Morgan fingerprint density at radius 3 is 2.19 bits per heavy atom. The average molecular weight is 450 g/mol. The lowest BCUT2D eigenvalue weighted by Crippen LogP contribution is -2.41. The second kappa shape index (κ2) is 8.44. The average Bonchev–Trinajstić information content (AvgIpc) is 2.93. The summed E-state index contributed by atoms with van der Waals surface area (Å²) < 4.78 is 63.2. The van der Waals surface area contributed by atoms with E-state index in [1.807, 2.05) is 27.7 Å². The van der Waals surface area contributed by atoms with Gasteiger partial charge in [0.1, 0.15) is 17.4 Å². The van der Waals surface area contributed by atoms with Gasteiger partial charge in [-0.3, -0.25) is 0 Å². The number of halogens is 3. The summed E-state index contributed by atoms with van der Waals surface area (Å²) in [6, 6.07) is 9.85. The van der Waals surface area contributed by atoms with E-state index in [4.69, 9.17) is 18.8 Å². The smallest absolute Gasteiger partial charge is 0.485 e. The number of esters is 1. The third-order valence-corrected chi connectivity index (χ3v) is 5.94. The zero-order valence-electron chi connectivity index (χ0n) is 18.9. The lowest BCUT2D eigenvalue weighted by molar-refractivity contribution is -0.139. The highest BCUT2D eigenvalue weighted by atomic mass is 19.4. The topological polar surface area (TPSA) is 54.0 Å². The number of benzene rings is 2. The van der Waals surface area contributed by atoms with Crippen molar-refractivity contribution in [2.24, 2.45) is 0 Å². The molecular weight excluding hydrogens is 424 g/mol. The van der Waals surface area contributed by atoms with Crippen molar-refractivity contribution in [2.75, 3.05) is 7.11 Å². The largest absolute Gasteiger partial charge is 0.494 e. The molecule has 5 nitrogen and oxygen atoms in total. The number of carbonyl (C=O) groups is 1. The van der Waals surface area contributed by atoms with Gasteiger partial charge in [-0.05, 0) is 58.3 Å². The van der Waals surface area contributed by atoms with Gasteiger partial charge in [-0.2, -0.15) is 13.2 Å². The van der Waals surface area contributed by atoms with Crippen LogP contribution in [0.15, 0.2) is 42.5 Å². The van der Waals surface area contributed by atoms with E-state index in [1.165, 1.54) is 38.3 Å². The second-order valence-corrected chi connectivity index (χ2v) is 8.68. The maximum atomic E-state index is 13.5. The summed E-state index contributed by atoms with van der Waals surface area (Å²) in [5.41, 5.74) is -1.35. The fourth-order valence-electron chi connectivity index (χ4n) is 3.40. The van der Waals surface area contributed by atoms with E-state index < -0.39 is 42.1 Å². The second-order valence-electron chi connectivity index (χ2n) is 8.68. The summed E-state index contributed by atoms with van der Waals surface area (Å²) in [7, 11) is 0.489. The molecule has 0 unspecified atom stereocenters. The fraction of sp³-hybridized carbons (Fsp3) is 0.435. The van der Waals surface area contributed by atoms with Crippen LogP contribution in [0.3, 0.4) is 0 Å². The molecule has 1 atom stereocenters. The Balaban J connectivity index is 1.98. The molecule has 0 radical (unpaired) electrons. The quantitative estimate of drug-likeness (QED) is 0.478. The predicted octanol–water partition coefficient (Wildman–Crippen LogP) is 4.93. The molecule has 32 heavy (non-hydrogen) atoms. The van der Waals surface area contributed by atoms with Crippen LogP contribution in [-0.2, 0) is 20.2 Å². The molecule has 2 aromatic rings. The van der Waals surface area contributed by atoms with Crippen molar-refractivity contribution in [1.29, 1.82) is 0 Å². The van der Waals surface area contributed by atoms with Crippen LogP contribution in [0.4, 0.5) is 13.2 Å². The monoisotopic (exact) mass is 450 g/mol. The number of hydrogen-bond acceptors (Lipinski definition) is 5. The summed E-state index contributed by atoms with van der Waals surface area (Å²) in [4.78, 5) is 12.3. The van der Waals surface area contributed by atoms with Crippen molar-refractivity contribution in [2.45, 2.75) is 58.1 Å². The molecule has 172 valence electrons. The van der Waals surface area contributed by atoms with Crippen molar-refractivity contribution in [1.82, 2.24) is 0 Å². The molecule has 0 N–H and O–H groups in total. The summed E-state index contributed by atoms with van der Waals surface area (Å²) >= 11 is 0. The highest BCUT2D eigenvalue weighted by molar-refractivity contribution is 6.62. The van der Waals surface area contributed by atoms with Crippen molar-refractivity contribution < 1.29 is 36.7 Å². The van der Waals surface area contributed by atoms with Gasteiger partial charge in [-0.1, -0.05) is 24.3 Å². The Morgan fingerprint density at radius 1 is 1.03 bits per heavy atom. The molecule has 1 saturated heterocycles. The third-order valence-electron chi connectivity index (χ3n) is 5.94. The first-order valence-corrected chi connectivity index (χ1v) is 10.2. The lowest BCUT2D eigenvalue weighted by atomic mass is 9.78. The van der Waals surface area contributed by atoms with Crippen molar-refractivity contribution in [3.63, 3.8) is 0 Å². The number of rotatable bonds is 5. The molecule has 1 fully saturated rings. The van der Waals surface area contributed by atoms with Gasteiger partial charge < -0.3 is 18.8 Å². The first-order chi connectivity index (χ1) is 14.8. The van der Waals surface area contributed by atoms with Gasteiger partial charge in [0.05, 0.1) is 23.9 Å².